The highest BCUT2D eigenvalue weighted by molar-refractivity contribution is 4.98. The lowest BCUT2D eigenvalue weighted by Gasteiger charge is -2.00. The van der Waals surface area contributed by atoms with E-state index in [2.05, 4.69) is 34.3 Å². The van der Waals surface area contributed by atoms with Crippen LogP contribution in [0, 0.1) is 5.92 Å². The quantitative estimate of drug-likeness (QED) is 0.848. The molecular weight excluding hydrogens is 246 g/mol. The molecule has 0 radical (unpaired) electrons. The van der Waals surface area contributed by atoms with Crippen LogP contribution in [-0.2, 0) is 13.0 Å². The number of hydrogen-bond acceptors (Lipinski definition) is 6. The number of aromatic nitrogens is 5. The molecule has 0 aliphatic heterocycles. The molecule has 0 amide bonds. The molecule has 0 saturated heterocycles. The first-order valence-electron chi connectivity index (χ1n) is 6.48. The Balaban J connectivity index is 2.00. The van der Waals surface area contributed by atoms with Gasteiger partial charge in [-0.3, -0.25) is 0 Å². The van der Waals surface area contributed by atoms with E-state index in [4.69, 9.17) is 4.52 Å². The van der Waals surface area contributed by atoms with Crippen molar-refractivity contribution in [1.82, 2.24) is 25.1 Å². The molecule has 7 nitrogen and oxygen atoms in total. The van der Waals surface area contributed by atoms with Crippen molar-refractivity contribution >= 4 is 0 Å². The Morgan fingerprint density at radius 3 is 2.89 bits per heavy atom. The first-order chi connectivity index (χ1) is 9.08. The number of hydrogen-bond donors (Lipinski definition) is 1. The van der Waals surface area contributed by atoms with Crippen LogP contribution in [0.15, 0.2) is 10.7 Å². The zero-order valence-electron chi connectivity index (χ0n) is 11.4. The molecule has 1 atom stereocenters. The highest BCUT2D eigenvalue weighted by Gasteiger charge is 2.12. The van der Waals surface area contributed by atoms with Crippen LogP contribution in [0.25, 0.3) is 0 Å². The summed E-state index contributed by atoms with van der Waals surface area (Å²) in [7, 11) is 0. The van der Waals surface area contributed by atoms with E-state index in [1.165, 1.54) is 0 Å². The zero-order valence-corrected chi connectivity index (χ0v) is 11.4. The Labute approximate surface area is 111 Å². The van der Waals surface area contributed by atoms with Crippen LogP contribution in [0.2, 0.25) is 0 Å². The summed E-state index contributed by atoms with van der Waals surface area (Å²) in [6.45, 7) is 6.48. The van der Waals surface area contributed by atoms with Crippen LogP contribution in [0.3, 0.4) is 0 Å². The van der Waals surface area contributed by atoms with Gasteiger partial charge in [0.25, 0.3) is 0 Å². The van der Waals surface area contributed by atoms with Crippen LogP contribution in [0.5, 0.6) is 0 Å². The van der Waals surface area contributed by atoms with Gasteiger partial charge in [-0.1, -0.05) is 31.1 Å². The zero-order chi connectivity index (χ0) is 13.8. The van der Waals surface area contributed by atoms with Crippen molar-refractivity contribution in [3.8, 4) is 0 Å². The molecule has 2 aromatic heterocycles. The number of aliphatic hydroxyl groups is 1. The van der Waals surface area contributed by atoms with Gasteiger partial charge in [0.2, 0.25) is 5.89 Å². The fraction of sp³-hybridized carbons (Fsp3) is 0.667. The van der Waals surface area contributed by atoms with E-state index < -0.39 is 6.10 Å². The van der Waals surface area contributed by atoms with Gasteiger partial charge in [-0.15, -0.1) is 5.10 Å². The molecule has 0 fully saturated rings. The second-order valence-corrected chi connectivity index (χ2v) is 4.97. The van der Waals surface area contributed by atoms with Crippen molar-refractivity contribution in [2.45, 2.75) is 46.3 Å². The fourth-order valence-electron chi connectivity index (χ4n) is 1.68. The van der Waals surface area contributed by atoms with E-state index in [0.717, 1.165) is 6.42 Å². The molecule has 0 aromatic carbocycles. The maximum Gasteiger partial charge on any atom is 0.226 e. The lowest BCUT2D eigenvalue weighted by Crippen LogP contribution is -2.03. The van der Waals surface area contributed by atoms with Gasteiger partial charge in [0.1, 0.15) is 12.2 Å². The Kier molecular flexibility index (Phi) is 4.26. The topological polar surface area (TPSA) is 89.9 Å². The Bertz CT molecular complexity index is 520. The minimum absolute atomic E-state index is 0.394. The standard InChI is InChI=1S/C12H19N5O2/c1-4-10(18)9-6-17(16-14-9)7-11-13-12(19-15-11)5-8(2)3/h6,8,10,18H,4-5,7H2,1-3H3. The van der Waals surface area contributed by atoms with Gasteiger partial charge in [0.15, 0.2) is 5.82 Å². The molecule has 2 heterocycles. The monoisotopic (exact) mass is 265 g/mol. The third-order valence-electron chi connectivity index (χ3n) is 2.68. The summed E-state index contributed by atoms with van der Waals surface area (Å²) in [6, 6.07) is 0. The lowest BCUT2D eigenvalue weighted by molar-refractivity contribution is 0.168. The minimum atomic E-state index is -0.574. The molecule has 19 heavy (non-hydrogen) atoms. The van der Waals surface area contributed by atoms with E-state index in [1.54, 1.807) is 10.9 Å². The van der Waals surface area contributed by atoms with Crippen molar-refractivity contribution in [2.75, 3.05) is 0 Å². The van der Waals surface area contributed by atoms with Crippen LogP contribution < -0.4 is 0 Å². The minimum Gasteiger partial charge on any atom is -0.387 e. The second-order valence-electron chi connectivity index (χ2n) is 4.97. The van der Waals surface area contributed by atoms with Crippen molar-refractivity contribution in [3.63, 3.8) is 0 Å². The number of nitrogens with zero attached hydrogens (tertiary/aromatic N) is 5. The normalized spacial score (nSPS) is 13.1. The molecule has 104 valence electrons. The Hall–Kier alpha value is -1.76. The van der Waals surface area contributed by atoms with Gasteiger partial charge in [-0.2, -0.15) is 4.98 Å². The molecule has 0 saturated carbocycles. The van der Waals surface area contributed by atoms with Crippen LogP contribution in [0.1, 0.15) is 50.7 Å². The number of rotatable bonds is 6. The largest absolute Gasteiger partial charge is 0.387 e. The van der Waals surface area contributed by atoms with E-state index in [1.807, 2.05) is 6.92 Å². The van der Waals surface area contributed by atoms with E-state index in [-0.39, 0.29) is 0 Å². The molecule has 0 aliphatic carbocycles. The Morgan fingerprint density at radius 2 is 2.21 bits per heavy atom. The summed E-state index contributed by atoms with van der Waals surface area (Å²) in [6.07, 6.45) is 2.51. The molecular formula is C12H19N5O2. The summed E-state index contributed by atoms with van der Waals surface area (Å²) in [5.74, 6) is 1.68. The molecule has 2 aromatic rings. The molecule has 0 spiro atoms. The third kappa shape index (κ3) is 3.60. The molecule has 0 bridgehead atoms. The number of aliphatic hydroxyl groups excluding tert-OH is 1. The fourth-order valence-corrected chi connectivity index (χ4v) is 1.68. The smallest absolute Gasteiger partial charge is 0.226 e. The predicted octanol–water partition coefficient (Wildman–Crippen LogP) is 1.35. The summed E-state index contributed by atoms with van der Waals surface area (Å²) < 4.78 is 6.75. The first-order valence-corrected chi connectivity index (χ1v) is 6.48. The van der Waals surface area contributed by atoms with Crippen LogP contribution in [-0.4, -0.2) is 30.2 Å². The summed E-state index contributed by atoms with van der Waals surface area (Å²) in [4.78, 5) is 4.29. The van der Waals surface area contributed by atoms with Gasteiger partial charge in [-0.05, 0) is 12.3 Å². The average Bonchev–Trinajstić information content (AvgIpc) is 2.98. The molecule has 1 N–H and O–H groups in total. The molecule has 7 heteroatoms. The van der Waals surface area contributed by atoms with E-state index in [0.29, 0.717) is 36.3 Å². The van der Waals surface area contributed by atoms with Crippen molar-refractivity contribution in [2.24, 2.45) is 5.92 Å². The van der Waals surface area contributed by atoms with Gasteiger partial charge in [0.05, 0.1) is 12.3 Å². The van der Waals surface area contributed by atoms with Gasteiger partial charge >= 0.3 is 0 Å². The maximum absolute atomic E-state index is 9.65. The predicted molar refractivity (Wildman–Crippen MR) is 67.2 cm³/mol. The second kappa shape index (κ2) is 5.92. The van der Waals surface area contributed by atoms with Gasteiger partial charge < -0.3 is 9.63 Å². The summed E-state index contributed by atoms with van der Waals surface area (Å²) in [5, 5.41) is 21.4. The van der Waals surface area contributed by atoms with Crippen molar-refractivity contribution in [3.05, 3.63) is 23.6 Å². The summed E-state index contributed by atoms with van der Waals surface area (Å²) >= 11 is 0. The molecule has 0 aliphatic rings. The molecule has 2 rings (SSSR count). The summed E-state index contributed by atoms with van der Waals surface area (Å²) in [5.41, 5.74) is 0.563. The highest BCUT2D eigenvalue weighted by Crippen LogP contribution is 2.12. The Morgan fingerprint density at radius 1 is 1.42 bits per heavy atom. The van der Waals surface area contributed by atoms with Crippen LogP contribution in [0.4, 0.5) is 0 Å². The van der Waals surface area contributed by atoms with Crippen molar-refractivity contribution < 1.29 is 9.63 Å². The SMILES string of the molecule is CCC(O)c1cn(Cc2noc(CC(C)C)n2)nn1. The third-order valence-corrected chi connectivity index (χ3v) is 2.68. The van der Waals surface area contributed by atoms with Gasteiger partial charge in [0, 0.05) is 6.42 Å². The first kappa shape index (κ1) is 13.7. The maximum atomic E-state index is 9.65. The van der Waals surface area contributed by atoms with Crippen molar-refractivity contribution in [1.29, 1.82) is 0 Å². The average molecular weight is 265 g/mol. The molecule has 1 unspecified atom stereocenters. The van der Waals surface area contributed by atoms with Crippen LogP contribution >= 0.6 is 0 Å². The highest BCUT2D eigenvalue weighted by atomic mass is 16.5. The van der Waals surface area contributed by atoms with E-state index >= 15 is 0 Å². The van der Waals surface area contributed by atoms with E-state index in [9.17, 15) is 5.11 Å². The lowest BCUT2D eigenvalue weighted by atomic mass is 10.1. The van der Waals surface area contributed by atoms with Gasteiger partial charge in [-0.25, -0.2) is 4.68 Å².